The third-order valence-corrected chi connectivity index (χ3v) is 3.17. The molecule has 0 spiro atoms. The molecule has 0 aromatic carbocycles. The van der Waals surface area contributed by atoms with Crippen LogP contribution >= 0.6 is 15.9 Å². The monoisotopic (exact) mass is 304 g/mol. The molecule has 0 aliphatic carbocycles. The predicted octanol–water partition coefficient (Wildman–Crippen LogP) is 3.46. The minimum atomic E-state index is -0.0713. The Hall–Kier alpha value is -1.88. The Bertz CT molecular complexity index is 742. The molecule has 3 heterocycles. The fourth-order valence-corrected chi connectivity index (χ4v) is 2.22. The Morgan fingerprint density at radius 3 is 3.00 bits per heavy atom. The van der Waals surface area contributed by atoms with Gasteiger partial charge in [0.25, 0.3) is 0 Å². The van der Waals surface area contributed by atoms with Crippen molar-refractivity contribution in [3.05, 3.63) is 52.1 Å². The van der Waals surface area contributed by atoms with E-state index in [4.69, 9.17) is 4.42 Å². The van der Waals surface area contributed by atoms with Gasteiger partial charge in [0.15, 0.2) is 5.78 Å². The van der Waals surface area contributed by atoms with E-state index in [9.17, 15) is 4.79 Å². The Labute approximate surface area is 111 Å². The zero-order valence-electron chi connectivity index (χ0n) is 9.53. The molecule has 1 N–H and O–H groups in total. The number of ketones is 1. The summed E-state index contributed by atoms with van der Waals surface area (Å²) < 4.78 is 6.00. The van der Waals surface area contributed by atoms with Crippen LogP contribution in [0.5, 0.6) is 0 Å². The molecule has 0 radical (unpaired) electrons. The van der Waals surface area contributed by atoms with E-state index in [0.29, 0.717) is 16.8 Å². The van der Waals surface area contributed by atoms with Crippen LogP contribution in [-0.2, 0) is 0 Å². The van der Waals surface area contributed by atoms with Gasteiger partial charge >= 0.3 is 0 Å². The molecule has 5 heteroatoms. The maximum atomic E-state index is 12.3. The number of carbonyl (C=O) groups excluding carboxylic acids is 1. The molecule has 0 fully saturated rings. The molecule has 0 unspecified atom stereocenters. The summed E-state index contributed by atoms with van der Waals surface area (Å²) in [7, 11) is 0. The van der Waals surface area contributed by atoms with Crippen LogP contribution in [0.1, 0.15) is 21.7 Å². The van der Waals surface area contributed by atoms with Gasteiger partial charge in [-0.1, -0.05) is 0 Å². The number of H-pyrrole nitrogens is 1. The maximum absolute atomic E-state index is 12.3. The van der Waals surface area contributed by atoms with E-state index >= 15 is 0 Å². The second-order valence-electron chi connectivity index (χ2n) is 4.03. The van der Waals surface area contributed by atoms with Crippen molar-refractivity contribution in [1.29, 1.82) is 0 Å². The molecule has 3 rings (SSSR count). The minimum Gasteiger partial charge on any atom is -0.469 e. The van der Waals surface area contributed by atoms with Crippen molar-refractivity contribution in [2.45, 2.75) is 6.92 Å². The highest BCUT2D eigenvalue weighted by Crippen LogP contribution is 2.23. The first-order valence-electron chi connectivity index (χ1n) is 5.37. The van der Waals surface area contributed by atoms with Gasteiger partial charge in [-0.05, 0) is 35.0 Å². The van der Waals surface area contributed by atoms with Crippen LogP contribution in [0.2, 0.25) is 0 Å². The molecule has 0 amide bonds. The van der Waals surface area contributed by atoms with Crippen LogP contribution in [0.15, 0.2) is 39.7 Å². The topological polar surface area (TPSA) is 58.9 Å². The summed E-state index contributed by atoms with van der Waals surface area (Å²) in [5, 5.41) is 0.799. The zero-order chi connectivity index (χ0) is 12.7. The Morgan fingerprint density at radius 1 is 1.44 bits per heavy atom. The van der Waals surface area contributed by atoms with Crippen molar-refractivity contribution in [3.63, 3.8) is 0 Å². The maximum Gasteiger partial charge on any atom is 0.198 e. The molecule has 18 heavy (non-hydrogen) atoms. The number of aromatic nitrogens is 2. The smallest absolute Gasteiger partial charge is 0.198 e. The number of halogens is 1. The lowest BCUT2D eigenvalue weighted by Gasteiger charge is -1.96. The summed E-state index contributed by atoms with van der Waals surface area (Å²) in [6, 6.07) is 3.60. The van der Waals surface area contributed by atoms with Gasteiger partial charge in [-0.2, -0.15) is 0 Å². The van der Waals surface area contributed by atoms with Crippen molar-refractivity contribution in [2.75, 3.05) is 0 Å². The van der Waals surface area contributed by atoms with Gasteiger partial charge < -0.3 is 9.40 Å². The average molecular weight is 305 g/mol. The summed E-state index contributed by atoms with van der Waals surface area (Å²) >= 11 is 3.35. The van der Waals surface area contributed by atoms with Crippen molar-refractivity contribution >= 4 is 32.7 Å². The van der Waals surface area contributed by atoms with Crippen LogP contribution < -0.4 is 0 Å². The van der Waals surface area contributed by atoms with E-state index in [1.807, 2.05) is 13.0 Å². The summed E-state index contributed by atoms with van der Waals surface area (Å²) in [6.07, 6.45) is 4.84. The summed E-state index contributed by atoms with van der Waals surface area (Å²) in [6.45, 7) is 1.81. The second-order valence-corrected chi connectivity index (χ2v) is 4.94. The number of nitrogens with one attached hydrogen (secondary N) is 1. The highest BCUT2D eigenvalue weighted by atomic mass is 79.9. The normalized spacial score (nSPS) is 11.0. The molecule has 0 aliphatic heterocycles. The molecule has 0 saturated carbocycles. The van der Waals surface area contributed by atoms with Crippen molar-refractivity contribution in [2.24, 2.45) is 0 Å². The number of hydrogen-bond acceptors (Lipinski definition) is 3. The molecule has 3 aromatic heterocycles. The van der Waals surface area contributed by atoms with E-state index in [0.717, 1.165) is 15.6 Å². The molecule has 0 saturated heterocycles. The van der Waals surface area contributed by atoms with Gasteiger partial charge in [0.1, 0.15) is 17.7 Å². The molecule has 0 bridgehead atoms. The van der Waals surface area contributed by atoms with Gasteiger partial charge in [0.05, 0.1) is 5.56 Å². The third-order valence-electron chi connectivity index (χ3n) is 2.74. The minimum absolute atomic E-state index is 0.0713. The first-order chi connectivity index (χ1) is 8.65. The van der Waals surface area contributed by atoms with E-state index in [2.05, 4.69) is 25.9 Å². The highest BCUT2D eigenvalue weighted by Gasteiger charge is 2.16. The third kappa shape index (κ3) is 1.76. The van der Waals surface area contributed by atoms with Crippen LogP contribution in [0, 0.1) is 6.92 Å². The SMILES string of the molecule is Cc1cc(C(=O)c2c[nH]c3ncc(Br)cc23)co1. The van der Waals surface area contributed by atoms with Gasteiger partial charge in [0.2, 0.25) is 0 Å². The lowest BCUT2D eigenvalue weighted by atomic mass is 10.1. The molecule has 0 aliphatic rings. The Balaban J connectivity index is 2.14. The predicted molar refractivity (Wildman–Crippen MR) is 70.7 cm³/mol. The van der Waals surface area contributed by atoms with Gasteiger partial charge in [0, 0.05) is 27.8 Å². The molecule has 90 valence electrons. The zero-order valence-corrected chi connectivity index (χ0v) is 11.1. The lowest BCUT2D eigenvalue weighted by Crippen LogP contribution is -1.98. The molecule has 4 nitrogen and oxygen atoms in total. The van der Waals surface area contributed by atoms with Gasteiger partial charge in [-0.25, -0.2) is 4.98 Å². The van der Waals surface area contributed by atoms with E-state index in [1.54, 1.807) is 18.5 Å². The standard InChI is InChI=1S/C13H9BrN2O2/c1-7-2-8(6-18-7)12(17)11-5-16-13-10(11)3-9(14)4-15-13/h2-6H,1H3,(H,15,16). The molecule has 0 atom stereocenters. The number of furan rings is 1. The highest BCUT2D eigenvalue weighted by molar-refractivity contribution is 9.10. The van der Waals surface area contributed by atoms with Crippen molar-refractivity contribution in [3.8, 4) is 0 Å². The summed E-state index contributed by atoms with van der Waals surface area (Å²) in [5.74, 6) is 0.649. The number of aryl methyl sites for hydroxylation is 1. The summed E-state index contributed by atoms with van der Waals surface area (Å²) in [4.78, 5) is 19.5. The quantitative estimate of drug-likeness (QED) is 0.738. The number of nitrogens with zero attached hydrogens (tertiary/aromatic N) is 1. The number of aromatic amines is 1. The largest absolute Gasteiger partial charge is 0.469 e. The van der Waals surface area contributed by atoms with Gasteiger partial charge in [-0.3, -0.25) is 4.79 Å². The van der Waals surface area contributed by atoms with Crippen LogP contribution in [0.25, 0.3) is 11.0 Å². The van der Waals surface area contributed by atoms with E-state index in [1.165, 1.54) is 6.26 Å². The van der Waals surface area contributed by atoms with Gasteiger partial charge in [-0.15, -0.1) is 0 Å². The van der Waals surface area contributed by atoms with E-state index < -0.39 is 0 Å². The fourth-order valence-electron chi connectivity index (χ4n) is 1.88. The van der Waals surface area contributed by atoms with Crippen LogP contribution in [-0.4, -0.2) is 15.8 Å². The second kappa shape index (κ2) is 4.10. The molecular formula is C13H9BrN2O2. The first-order valence-corrected chi connectivity index (χ1v) is 6.17. The number of hydrogen-bond donors (Lipinski definition) is 1. The molecule has 3 aromatic rings. The average Bonchev–Trinajstić information content (AvgIpc) is 2.94. The number of fused-ring (bicyclic) bond motifs is 1. The number of rotatable bonds is 2. The van der Waals surface area contributed by atoms with Crippen molar-refractivity contribution in [1.82, 2.24) is 9.97 Å². The molecular weight excluding hydrogens is 296 g/mol. The fraction of sp³-hybridized carbons (Fsp3) is 0.0769. The van der Waals surface area contributed by atoms with Crippen LogP contribution in [0.4, 0.5) is 0 Å². The number of carbonyl (C=O) groups is 1. The van der Waals surface area contributed by atoms with Crippen LogP contribution in [0.3, 0.4) is 0 Å². The summed E-state index contributed by atoms with van der Waals surface area (Å²) in [5.41, 5.74) is 1.84. The number of pyridine rings is 1. The Morgan fingerprint density at radius 2 is 2.28 bits per heavy atom. The lowest BCUT2D eigenvalue weighted by molar-refractivity contribution is 0.103. The Kier molecular flexibility index (Phi) is 2.56. The van der Waals surface area contributed by atoms with Crippen molar-refractivity contribution < 1.29 is 9.21 Å². The first kappa shape index (κ1) is 11.2. The van der Waals surface area contributed by atoms with E-state index in [-0.39, 0.29) is 5.78 Å².